The quantitative estimate of drug-likeness (QED) is 0.876. The third-order valence-electron chi connectivity index (χ3n) is 2.80. The topological polar surface area (TPSA) is 24.9 Å². The lowest BCUT2D eigenvalue weighted by atomic mass is 9.82. The molecule has 1 aromatic rings. The first kappa shape index (κ1) is 9.97. The molecule has 1 aromatic heterocycles. The van der Waals surface area contributed by atoms with Crippen molar-refractivity contribution in [2.45, 2.75) is 32.7 Å². The molecule has 2 nitrogen and oxygen atoms in total. The molecule has 1 N–H and O–H groups in total. The van der Waals surface area contributed by atoms with Gasteiger partial charge in [-0.25, -0.2) is 4.98 Å². The molecule has 1 fully saturated rings. The number of anilines is 1. The predicted molar refractivity (Wildman–Crippen MR) is 62.5 cm³/mol. The van der Waals surface area contributed by atoms with Crippen LogP contribution in [0.25, 0.3) is 0 Å². The second-order valence-corrected chi connectivity index (χ2v) is 5.00. The number of nitrogens with zero attached hydrogens (tertiary/aromatic N) is 1. The summed E-state index contributed by atoms with van der Waals surface area (Å²) in [4.78, 5) is 4.33. The van der Waals surface area contributed by atoms with Gasteiger partial charge in [-0.3, -0.25) is 0 Å². The summed E-state index contributed by atoms with van der Waals surface area (Å²) >= 11 is 3.55. The van der Waals surface area contributed by atoms with Crippen LogP contribution in [0.4, 0.5) is 5.82 Å². The summed E-state index contributed by atoms with van der Waals surface area (Å²) in [5.41, 5.74) is 1.23. The molecule has 0 aliphatic heterocycles. The van der Waals surface area contributed by atoms with Gasteiger partial charge in [0.1, 0.15) is 5.82 Å². The number of nitrogens with one attached hydrogen (secondary N) is 1. The number of rotatable bonds is 2. The summed E-state index contributed by atoms with van der Waals surface area (Å²) in [5, 5.41) is 3.46. The van der Waals surface area contributed by atoms with Crippen molar-refractivity contribution in [1.82, 2.24) is 4.98 Å². The van der Waals surface area contributed by atoms with Crippen molar-refractivity contribution in [3.05, 3.63) is 22.3 Å². The smallest absolute Gasteiger partial charge is 0.140 e. The van der Waals surface area contributed by atoms with E-state index in [4.69, 9.17) is 0 Å². The molecule has 3 heteroatoms. The minimum absolute atomic E-state index is 0.621. The lowest BCUT2D eigenvalue weighted by Crippen LogP contribution is -2.34. The van der Waals surface area contributed by atoms with Crippen molar-refractivity contribution in [2.75, 3.05) is 5.32 Å². The molecule has 1 aliphatic carbocycles. The molecule has 0 bridgehead atoms. The van der Waals surface area contributed by atoms with Gasteiger partial charge in [0.05, 0.1) is 4.47 Å². The number of hydrogen-bond acceptors (Lipinski definition) is 2. The molecule has 1 aliphatic rings. The van der Waals surface area contributed by atoms with Crippen LogP contribution in [0.5, 0.6) is 0 Å². The molecule has 76 valence electrons. The third-order valence-corrected chi connectivity index (χ3v) is 3.80. The molecule has 0 atom stereocenters. The molecule has 14 heavy (non-hydrogen) atoms. The number of pyridine rings is 1. The minimum atomic E-state index is 0.621. The van der Waals surface area contributed by atoms with E-state index < -0.39 is 0 Å². The fourth-order valence-corrected chi connectivity index (χ4v) is 2.20. The molecule has 1 heterocycles. The zero-order valence-corrected chi connectivity index (χ0v) is 10.1. The van der Waals surface area contributed by atoms with E-state index in [0.29, 0.717) is 6.04 Å². The summed E-state index contributed by atoms with van der Waals surface area (Å²) < 4.78 is 1.10. The van der Waals surface area contributed by atoms with Gasteiger partial charge >= 0.3 is 0 Å². The monoisotopic (exact) mass is 254 g/mol. The standard InChI is InChI=1S/C11H15BrN2/c1-7-5-9(6-7)14-11-10(12)8(2)3-4-13-11/h3-4,7,9H,5-6H2,1-2H3,(H,13,14). The van der Waals surface area contributed by atoms with Crippen LogP contribution < -0.4 is 5.32 Å². The van der Waals surface area contributed by atoms with E-state index in [1.165, 1.54) is 18.4 Å². The molecule has 0 amide bonds. The number of aromatic nitrogens is 1. The molecular formula is C11H15BrN2. The van der Waals surface area contributed by atoms with Gasteiger partial charge in [0.15, 0.2) is 0 Å². The van der Waals surface area contributed by atoms with Crippen LogP contribution in [-0.2, 0) is 0 Å². The second kappa shape index (κ2) is 3.89. The van der Waals surface area contributed by atoms with Gasteiger partial charge in [0.25, 0.3) is 0 Å². The highest BCUT2D eigenvalue weighted by atomic mass is 79.9. The van der Waals surface area contributed by atoms with Gasteiger partial charge in [-0.2, -0.15) is 0 Å². The van der Waals surface area contributed by atoms with E-state index in [2.05, 4.69) is 40.1 Å². The van der Waals surface area contributed by atoms with Crippen LogP contribution in [0.3, 0.4) is 0 Å². The van der Waals surface area contributed by atoms with Crippen molar-refractivity contribution in [1.29, 1.82) is 0 Å². The van der Waals surface area contributed by atoms with Gasteiger partial charge in [0, 0.05) is 12.2 Å². The molecule has 0 spiro atoms. The zero-order chi connectivity index (χ0) is 10.1. The first-order chi connectivity index (χ1) is 6.66. The lowest BCUT2D eigenvalue weighted by Gasteiger charge is -2.33. The summed E-state index contributed by atoms with van der Waals surface area (Å²) in [5.74, 6) is 1.86. The van der Waals surface area contributed by atoms with Gasteiger partial charge in [-0.15, -0.1) is 0 Å². The highest BCUT2D eigenvalue weighted by Crippen LogP contribution is 2.31. The Balaban J connectivity index is 2.06. The molecule has 0 saturated heterocycles. The first-order valence-electron chi connectivity index (χ1n) is 5.04. The number of halogens is 1. The van der Waals surface area contributed by atoms with Crippen molar-refractivity contribution in [3.63, 3.8) is 0 Å². The fourth-order valence-electron chi connectivity index (χ4n) is 1.85. The Labute approximate surface area is 93.3 Å². The van der Waals surface area contributed by atoms with Crippen LogP contribution in [0.2, 0.25) is 0 Å². The minimum Gasteiger partial charge on any atom is -0.366 e. The predicted octanol–water partition coefficient (Wildman–Crippen LogP) is 3.36. The maximum absolute atomic E-state index is 4.33. The Morgan fingerprint density at radius 1 is 1.50 bits per heavy atom. The van der Waals surface area contributed by atoms with Crippen LogP contribution in [-0.4, -0.2) is 11.0 Å². The Kier molecular flexibility index (Phi) is 2.77. The van der Waals surface area contributed by atoms with Crippen LogP contribution >= 0.6 is 15.9 Å². The van der Waals surface area contributed by atoms with Crippen molar-refractivity contribution in [3.8, 4) is 0 Å². The van der Waals surface area contributed by atoms with Gasteiger partial charge in [-0.1, -0.05) is 6.92 Å². The Morgan fingerprint density at radius 3 is 2.86 bits per heavy atom. The first-order valence-corrected chi connectivity index (χ1v) is 5.83. The molecule has 0 aromatic carbocycles. The maximum atomic E-state index is 4.33. The lowest BCUT2D eigenvalue weighted by molar-refractivity contribution is 0.308. The molecule has 2 rings (SSSR count). The number of aryl methyl sites for hydroxylation is 1. The van der Waals surface area contributed by atoms with Gasteiger partial charge in [0.2, 0.25) is 0 Å². The highest BCUT2D eigenvalue weighted by Gasteiger charge is 2.25. The van der Waals surface area contributed by atoms with E-state index in [-0.39, 0.29) is 0 Å². The average Bonchev–Trinajstić information content (AvgIpc) is 2.10. The SMILES string of the molecule is Cc1ccnc(NC2CC(C)C2)c1Br. The van der Waals surface area contributed by atoms with E-state index in [1.807, 2.05) is 12.3 Å². The summed E-state index contributed by atoms with van der Waals surface area (Å²) in [6.07, 6.45) is 4.38. The average molecular weight is 255 g/mol. The number of hydrogen-bond donors (Lipinski definition) is 1. The van der Waals surface area contributed by atoms with Gasteiger partial charge in [-0.05, 0) is 53.2 Å². The normalized spacial score (nSPS) is 25.6. The third kappa shape index (κ3) is 1.92. The van der Waals surface area contributed by atoms with Crippen LogP contribution in [0.1, 0.15) is 25.3 Å². The highest BCUT2D eigenvalue weighted by molar-refractivity contribution is 9.10. The largest absolute Gasteiger partial charge is 0.366 e. The van der Waals surface area contributed by atoms with Crippen molar-refractivity contribution >= 4 is 21.7 Å². The molecular weight excluding hydrogens is 240 g/mol. The van der Waals surface area contributed by atoms with E-state index in [9.17, 15) is 0 Å². The Hall–Kier alpha value is -0.570. The van der Waals surface area contributed by atoms with E-state index in [0.717, 1.165) is 16.2 Å². The van der Waals surface area contributed by atoms with Crippen molar-refractivity contribution in [2.24, 2.45) is 5.92 Å². The molecule has 0 radical (unpaired) electrons. The van der Waals surface area contributed by atoms with Crippen LogP contribution in [0.15, 0.2) is 16.7 Å². The maximum Gasteiger partial charge on any atom is 0.140 e. The van der Waals surface area contributed by atoms with Gasteiger partial charge < -0.3 is 5.32 Å². The summed E-state index contributed by atoms with van der Waals surface area (Å²) in [6.45, 7) is 4.37. The van der Waals surface area contributed by atoms with Crippen molar-refractivity contribution < 1.29 is 0 Å². The summed E-state index contributed by atoms with van der Waals surface area (Å²) in [7, 11) is 0. The molecule has 1 saturated carbocycles. The van der Waals surface area contributed by atoms with E-state index in [1.54, 1.807) is 0 Å². The second-order valence-electron chi connectivity index (χ2n) is 4.21. The van der Waals surface area contributed by atoms with E-state index >= 15 is 0 Å². The Morgan fingerprint density at radius 2 is 2.21 bits per heavy atom. The molecule has 0 unspecified atom stereocenters. The Bertz CT molecular complexity index is 332. The summed E-state index contributed by atoms with van der Waals surface area (Å²) in [6, 6.07) is 2.63. The zero-order valence-electron chi connectivity index (χ0n) is 8.55. The van der Waals surface area contributed by atoms with Crippen LogP contribution in [0, 0.1) is 12.8 Å². The fraction of sp³-hybridized carbons (Fsp3) is 0.545.